The molecule has 5 rings (SSSR count). The van der Waals surface area contributed by atoms with Crippen molar-refractivity contribution in [3.8, 4) is 11.5 Å². The van der Waals surface area contributed by atoms with Gasteiger partial charge in [-0.05, 0) is 81.4 Å². The maximum Gasteiger partial charge on any atom is 0.163 e. The smallest absolute Gasteiger partial charge is 0.163 e. The molecule has 36 heavy (non-hydrogen) atoms. The SMILES string of the molecule is COc1cc2c(Nc3ccc(S(=O)c4ccccc4)cc3)ncnc2cc1OCC1CCN(C)CC1. The summed E-state index contributed by atoms with van der Waals surface area (Å²) >= 11 is 0. The largest absolute Gasteiger partial charge is 0.493 e. The van der Waals surface area contributed by atoms with Gasteiger partial charge in [0.25, 0.3) is 0 Å². The number of fused-ring (bicyclic) bond motifs is 1. The van der Waals surface area contributed by atoms with E-state index in [2.05, 4.69) is 27.2 Å². The summed E-state index contributed by atoms with van der Waals surface area (Å²) in [7, 11) is 2.58. The second-order valence-electron chi connectivity index (χ2n) is 9.03. The van der Waals surface area contributed by atoms with E-state index >= 15 is 0 Å². The molecule has 0 amide bonds. The fourth-order valence-electron chi connectivity index (χ4n) is 4.35. The third-order valence-corrected chi connectivity index (χ3v) is 7.92. The monoisotopic (exact) mass is 502 g/mol. The third-order valence-electron chi connectivity index (χ3n) is 6.52. The van der Waals surface area contributed by atoms with E-state index in [0.29, 0.717) is 29.8 Å². The third kappa shape index (κ3) is 5.50. The van der Waals surface area contributed by atoms with Gasteiger partial charge < -0.3 is 19.7 Å². The lowest BCUT2D eigenvalue weighted by Crippen LogP contribution is -2.32. The Balaban J connectivity index is 1.33. The first-order valence-corrected chi connectivity index (χ1v) is 13.2. The quantitative estimate of drug-likeness (QED) is 0.352. The van der Waals surface area contributed by atoms with Crippen molar-refractivity contribution < 1.29 is 13.7 Å². The Bertz CT molecular complexity index is 1340. The highest BCUT2D eigenvalue weighted by Crippen LogP contribution is 2.35. The van der Waals surface area contributed by atoms with Crippen LogP contribution < -0.4 is 14.8 Å². The first-order valence-electron chi connectivity index (χ1n) is 12.1. The molecule has 1 aliphatic heterocycles. The maximum atomic E-state index is 12.8. The predicted molar refractivity (Wildman–Crippen MR) is 143 cm³/mol. The minimum absolute atomic E-state index is 0.545. The Hall–Kier alpha value is -3.49. The summed E-state index contributed by atoms with van der Waals surface area (Å²) < 4.78 is 24.6. The molecule has 3 aromatic carbocycles. The van der Waals surface area contributed by atoms with Gasteiger partial charge in [0.2, 0.25) is 0 Å². The van der Waals surface area contributed by atoms with Crippen molar-refractivity contribution in [2.24, 2.45) is 5.92 Å². The Labute approximate surface area is 213 Å². The van der Waals surface area contributed by atoms with Crippen LogP contribution >= 0.6 is 0 Å². The highest BCUT2D eigenvalue weighted by Gasteiger charge is 2.19. The Morgan fingerprint density at radius 3 is 2.42 bits per heavy atom. The van der Waals surface area contributed by atoms with Gasteiger partial charge in [0, 0.05) is 26.9 Å². The zero-order valence-corrected chi connectivity index (χ0v) is 21.3. The minimum atomic E-state index is -1.22. The van der Waals surface area contributed by atoms with Crippen molar-refractivity contribution in [1.82, 2.24) is 14.9 Å². The van der Waals surface area contributed by atoms with Gasteiger partial charge in [-0.3, -0.25) is 0 Å². The van der Waals surface area contributed by atoms with Crippen molar-refractivity contribution in [1.29, 1.82) is 0 Å². The molecule has 1 aromatic heterocycles. The molecule has 0 aliphatic carbocycles. The van der Waals surface area contributed by atoms with Crippen LogP contribution in [-0.2, 0) is 10.8 Å². The molecule has 1 aliphatic rings. The number of aromatic nitrogens is 2. The van der Waals surface area contributed by atoms with Gasteiger partial charge in [-0.2, -0.15) is 0 Å². The van der Waals surface area contributed by atoms with Crippen LogP contribution in [-0.4, -0.2) is 52.9 Å². The number of nitrogens with zero attached hydrogens (tertiary/aromatic N) is 3. The lowest BCUT2D eigenvalue weighted by Gasteiger charge is -2.28. The molecule has 0 radical (unpaired) electrons. The van der Waals surface area contributed by atoms with Gasteiger partial charge in [-0.1, -0.05) is 18.2 Å². The van der Waals surface area contributed by atoms with E-state index in [1.807, 2.05) is 66.7 Å². The average Bonchev–Trinajstić information content (AvgIpc) is 2.93. The molecule has 0 bridgehead atoms. The summed E-state index contributed by atoms with van der Waals surface area (Å²) in [6.07, 6.45) is 3.82. The lowest BCUT2D eigenvalue weighted by molar-refractivity contribution is 0.157. The predicted octanol–water partition coefficient (Wildman–Crippen LogP) is 5.27. The van der Waals surface area contributed by atoms with Crippen LogP contribution in [0.3, 0.4) is 0 Å². The van der Waals surface area contributed by atoms with Crippen LogP contribution in [0.4, 0.5) is 11.5 Å². The van der Waals surface area contributed by atoms with Gasteiger partial charge in [-0.15, -0.1) is 0 Å². The Kier molecular flexibility index (Phi) is 7.44. The summed E-state index contributed by atoms with van der Waals surface area (Å²) in [4.78, 5) is 12.8. The molecule has 1 unspecified atom stereocenters. The van der Waals surface area contributed by atoms with E-state index in [9.17, 15) is 4.21 Å². The van der Waals surface area contributed by atoms with Crippen molar-refractivity contribution in [3.05, 3.63) is 73.1 Å². The maximum absolute atomic E-state index is 12.8. The highest BCUT2D eigenvalue weighted by atomic mass is 32.2. The van der Waals surface area contributed by atoms with Crippen LogP contribution in [0.15, 0.2) is 82.8 Å². The average molecular weight is 503 g/mol. The summed E-state index contributed by atoms with van der Waals surface area (Å²) in [5.41, 5.74) is 1.61. The molecule has 1 N–H and O–H groups in total. The molecule has 186 valence electrons. The van der Waals surface area contributed by atoms with Crippen molar-refractivity contribution >= 4 is 33.2 Å². The lowest BCUT2D eigenvalue weighted by atomic mass is 9.98. The summed E-state index contributed by atoms with van der Waals surface area (Å²) in [5, 5.41) is 4.19. The molecule has 0 spiro atoms. The molecular formula is C28H30N4O3S. The second kappa shape index (κ2) is 11.1. The zero-order chi connectivity index (χ0) is 24.9. The van der Waals surface area contributed by atoms with E-state index in [-0.39, 0.29) is 0 Å². The van der Waals surface area contributed by atoms with Gasteiger partial charge >= 0.3 is 0 Å². The summed E-state index contributed by atoms with van der Waals surface area (Å²) in [6.45, 7) is 2.88. The van der Waals surface area contributed by atoms with Gasteiger partial charge in [-0.25, -0.2) is 14.2 Å². The van der Waals surface area contributed by atoms with Crippen LogP contribution in [0.2, 0.25) is 0 Å². The molecule has 4 aromatic rings. The topological polar surface area (TPSA) is 76.6 Å². The summed E-state index contributed by atoms with van der Waals surface area (Å²) in [5.74, 6) is 2.56. The molecule has 1 atom stereocenters. The highest BCUT2D eigenvalue weighted by molar-refractivity contribution is 7.85. The van der Waals surface area contributed by atoms with Crippen LogP contribution in [0.25, 0.3) is 10.9 Å². The number of likely N-dealkylation sites (tertiary alicyclic amines) is 1. The fraction of sp³-hybridized carbons (Fsp3) is 0.286. The van der Waals surface area contributed by atoms with E-state index in [4.69, 9.17) is 9.47 Å². The van der Waals surface area contributed by atoms with E-state index in [1.165, 1.54) is 6.33 Å². The Morgan fingerprint density at radius 2 is 1.69 bits per heavy atom. The molecule has 0 saturated carbocycles. The number of anilines is 2. The first-order chi connectivity index (χ1) is 17.6. The minimum Gasteiger partial charge on any atom is -0.493 e. The number of piperidine rings is 1. The fourth-order valence-corrected chi connectivity index (χ4v) is 5.41. The summed E-state index contributed by atoms with van der Waals surface area (Å²) in [6, 6.07) is 20.8. The number of benzene rings is 3. The molecule has 1 fully saturated rings. The van der Waals surface area contributed by atoms with Gasteiger partial charge in [0.05, 0.1) is 30.0 Å². The van der Waals surface area contributed by atoms with E-state index in [1.54, 1.807) is 7.11 Å². The number of hydrogen-bond donors (Lipinski definition) is 1. The number of methoxy groups -OCH3 is 1. The normalized spacial score (nSPS) is 15.5. The molecule has 1 saturated heterocycles. The van der Waals surface area contributed by atoms with E-state index in [0.717, 1.165) is 52.3 Å². The standard InChI is InChI=1S/C28H30N4O3S/c1-32-14-12-20(13-15-32)18-35-27-17-25-24(16-26(27)34-2)28(30-19-29-25)31-21-8-10-23(11-9-21)36(33)22-6-4-3-5-7-22/h3-11,16-17,19-20H,12-15,18H2,1-2H3,(H,29,30,31). The molecule has 7 nitrogen and oxygen atoms in total. The number of rotatable bonds is 8. The van der Waals surface area contributed by atoms with Gasteiger partial charge in [0.15, 0.2) is 11.5 Å². The van der Waals surface area contributed by atoms with E-state index < -0.39 is 10.8 Å². The number of hydrogen-bond acceptors (Lipinski definition) is 7. The van der Waals surface area contributed by atoms with Crippen LogP contribution in [0.5, 0.6) is 11.5 Å². The molecular weight excluding hydrogens is 472 g/mol. The number of nitrogens with one attached hydrogen (secondary N) is 1. The molecule has 8 heteroatoms. The van der Waals surface area contributed by atoms with Crippen LogP contribution in [0, 0.1) is 5.92 Å². The Morgan fingerprint density at radius 1 is 0.972 bits per heavy atom. The van der Waals surface area contributed by atoms with Gasteiger partial charge in [0.1, 0.15) is 12.1 Å². The number of ether oxygens (including phenoxy) is 2. The zero-order valence-electron chi connectivity index (χ0n) is 20.5. The van der Waals surface area contributed by atoms with Crippen molar-refractivity contribution in [2.75, 3.05) is 39.2 Å². The molecule has 2 heterocycles. The van der Waals surface area contributed by atoms with Crippen molar-refractivity contribution in [2.45, 2.75) is 22.6 Å². The first kappa shape index (κ1) is 24.2. The van der Waals surface area contributed by atoms with Crippen molar-refractivity contribution in [3.63, 3.8) is 0 Å². The second-order valence-corrected chi connectivity index (χ2v) is 10.5. The van der Waals surface area contributed by atoms with Crippen LogP contribution in [0.1, 0.15) is 12.8 Å².